The van der Waals surface area contributed by atoms with Crippen LogP contribution >= 0.6 is 12.2 Å². The maximum absolute atomic E-state index is 11.6. The molecule has 6 heteroatoms. The molecule has 0 heterocycles. The third-order valence-corrected chi connectivity index (χ3v) is 1.88. The molecule has 0 aliphatic heterocycles. The van der Waals surface area contributed by atoms with E-state index in [1.807, 2.05) is 0 Å². The van der Waals surface area contributed by atoms with Gasteiger partial charge in [-0.05, 0) is 51.2 Å². The molecule has 0 saturated heterocycles. The summed E-state index contributed by atoms with van der Waals surface area (Å²) in [5.74, 6) is 0. The monoisotopic (exact) mass is 267 g/mol. The second-order valence-corrected chi connectivity index (χ2v) is 5.14. The van der Waals surface area contributed by atoms with Crippen LogP contribution < -0.4 is 16.4 Å². The summed E-state index contributed by atoms with van der Waals surface area (Å²) in [5.41, 5.74) is 6.15. The van der Waals surface area contributed by atoms with Gasteiger partial charge >= 0.3 is 6.09 Å². The molecule has 0 spiro atoms. The third kappa shape index (κ3) is 5.49. The van der Waals surface area contributed by atoms with Gasteiger partial charge in [-0.1, -0.05) is 6.07 Å². The van der Waals surface area contributed by atoms with E-state index in [1.165, 1.54) is 0 Å². The van der Waals surface area contributed by atoms with E-state index in [4.69, 9.17) is 22.7 Å². The van der Waals surface area contributed by atoms with Crippen molar-refractivity contribution in [1.82, 2.24) is 0 Å². The fraction of sp³-hybridized carbons (Fsp3) is 0.333. The number of hydrogen-bond acceptors (Lipinski definition) is 3. The SMILES string of the molecule is CC(C)(C)OC(=O)Nc1cccc(NC(N)=S)c1. The van der Waals surface area contributed by atoms with Crippen LogP contribution in [0, 0.1) is 0 Å². The highest BCUT2D eigenvalue weighted by atomic mass is 32.1. The molecule has 0 aromatic heterocycles. The standard InChI is InChI=1S/C12H17N3O2S/c1-12(2,3)17-11(16)15-9-6-4-5-8(7-9)14-10(13)18/h4-7H,1-3H3,(H,15,16)(H3,13,14,18). The third-order valence-electron chi connectivity index (χ3n) is 1.78. The van der Waals surface area contributed by atoms with E-state index in [-0.39, 0.29) is 5.11 Å². The van der Waals surface area contributed by atoms with Crippen LogP contribution in [0.3, 0.4) is 0 Å². The minimum atomic E-state index is -0.529. The Bertz CT molecular complexity index is 455. The Morgan fingerprint density at radius 2 is 1.83 bits per heavy atom. The first kappa shape index (κ1) is 14.2. The van der Waals surface area contributed by atoms with Crippen molar-refractivity contribution < 1.29 is 9.53 Å². The van der Waals surface area contributed by atoms with Crippen molar-refractivity contribution in [3.05, 3.63) is 24.3 Å². The molecule has 0 radical (unpaired) electrons. The van der Waals surface area contributed by atoms with Crippen molar-refractivity contribution >= 4 is 34.8 Å². The first-order valence-electron chi connectivity index (χ1n) is 5.43. The Labute approximate surface area is 112 Å². The van der Waals surface area contributed by atoms with E-state index in [2.05, 4.69) is 10.6 Å². The molecule has 0 saturated carbocycles. The lowest BCUT2D eigenvalue weighted by Gasteiger charge is -2.19. The second kappa shape index (κ2) is 5.68. The molecule has 0 bridgehead atoms. The number of nitrogens with two attached hydrogens (primary N) is 1. The van der Waals surface area contributed by atoms with Gasteiger partial charge in [0.1, 0.15) is 5.60 Å². The maximum atomic E-state index is 11.6. The number of hydrogen-bond donors (Lipinski definition) is 3. The summed E-state index contributed by atoms with van der Waals surface area (Å²) < 4.78 is 5.14. The topological polar surface area (TPSA) is 76.4 Å². The molecule has 98 valence electrons. The van der Waals surface area contributed by atoms with Crippen molar-refractivity contribution in [2.24, 2.45) is 5.73 Å². The molecule has 1 aromatic carbocycles. The van der Waals surface area contributed by atoms with Crippen LogP contribution in [0.4, 0.5) is 16.2 Å². The summed E-state index contributed by atoms with van der Waals surface area (Å²) >= 11 is 4.73. The number of thiocarbonyl (C=S) groups is 1. The van der Waals surface area contributed by atoms with Gasteiger partial charge in [0.25, 0.3) is 0 Å². The van der Waals surface area contributed by atoms with Crippen molar-refractivity contribution in [3.63, 3.8) is 0 Å². The summed E-state index contributed by atoms with van der Waals surface area (Å²) in [6, 6.07) is 7.02. The predicted octanol–water partition coefficient (Wildman–Crippen LogP) is 2.69. The van der Waals surface area contributed by atoms with Gasteiger partial charge in [-0.15, -0.1) is 0 Å². The van der Waals surface area contributed by atoms with Crippen LogP contribution in [-0.2, 0) is 4.74 Å². The fourth-order valence-electron chi connectivity index (χ4n) is 1.24. The average Bonchev–Trinajstić information content (AvgIpc) is 2.13. The van der Waals surface area contributed by atoms with Crippen LogP contribution in [0.2, 0.25) is 0 Å². The highest BCUT2D eigenvalue weighted by Crippen LogP contribution is 2.16. The van der Waals surface area contributed by atoms with Gasteiger partial charge in [0.05, 0.1) is 0 Å². The Balaban J connectivity index is 2.67. The first-order chi connectivity index (χ1) is 8.26. The quantitative estimate of drug-likeness (QED) is 0.718. The number of carbonyl (C=O) groups excluding carboxylic acids is 1. The van der Waals surface area contributed by atoms with Gasteiger partial charge in [-0.3, -0.25) is 5.32 Å². The van der Waals surface area contributed by atoms with Crippen LogP contribution in [0.5, 0.6) is 0 Å². The van der Waals surface area contributed by atoms with Gasteiger partial charge in [0, 0.05) is 11.4 Å². The van der Waals surface area contributed by atoms with Gasteiger partial charge in [-0.2, -0.15) is 0 Å². The summed E-state index contributed by atoms with van der Waals surface area (Å²) in [7, 11) is 0. The molecular formula is C12H17N3O2S. The van der Waals surface area contributed by atoms with Crippen LogP contribution in [0.25, 0.3) is 0 Å². The smallest absolute Gasteiger partial charge is 0.412 e. The summed E-state index contributed by atoms with van der Waals surface area (Å²) in [4.78, 5) is 11.6. The number of ether oxygens (including phenoxy) is 1. The Morgan fingerprint density at radius 1 is 1.28 bits per heavy atom. The molecule has 0 fully saturated rings. The van der Waals surface area contributed by atoms with Crippen molar-refractivity contribution in [1.29, 1.82) is 0 Å². The number of amides is 1. The molecule has 1 aromatic rings. The maximum Gasteiger partial charge on any atom is 0.412 e. The van der Waals surface area contributed by atoms with E-state index in [0.717, 1.165) is 0 Å². The van der Waals surface area contributed by atoms with Gasteiger partial charge in [0.15, 0.2) is 5.11 Å². The number of benzene rings is 1. The second-order valence-electron chi connectivity index (χ2n) is 4.70. The number of carbonyl (C=O) groups is 1. The Hall–Kier alpha value is -1.82. The molecule has 18 heavy (non-hydrogen) atoms. The van der Waals surface area contributed by atoms with Crippen molar-refractivity contribution in [2.75, 3.05) is 10.6 Å². The summed E-state index contributed by atoms with van der Waals surface area (Å²) in [5, 5.41) is 5.58. The van der Waals surface area contributed by atoms with Gasteiger partial charge in [0.2, 0.25) is 0 Å². The first-order valence-corrected chi connectivity index (χ1v) is 5.83. The largest absolute Gasteiger partial charge is 0.444 e. The number of nitrogens with one attached hydrogen (secondary N) is 2. The molecular weight excluding hydrogens is 250 g/mol. The fourth-order valence-corrected chi connectivity index (χ4v) is 1.36. The lowest BCUT2D eigenvalue weighted by molar-refractivity contribution is 0.0636. The minimum absolute atomic E-state index is 0.171. The summed E-state index contributed by atoms with van der Waals surface area (Å²) in [6.07, 6.45) is -0.505. The zero-order valence-corrected chi connectivity index (χ0v) is 11.4. The van der Waals surface area contributed by atoms with E-state index >= 15 is 0 Å². The zero-order valence-electron chi connectivity index (χ0n) is 10.6. The molecule has 0 aliphatic rings. The molecule has 0 atom stereocenters. The highest BCUT2D eigenvalue weighted by Gasteiger charge is 2.16. The van der Waals surface area contributed by atoms with E-state index in [9.17, 15) is 4.79 Å². The summed E-state index contributed by atoms with van der Waals surface area (Å²) in [6.45, 7) is 5.41. The van der Waals surface area contributed by atoms with Crippen LogP contribution in [0.1, 0.15) is 20.8 Å². The minimum Gasteiger partial charge on any atom is -0.444 e. The highest BCUT2D eigenvalue weighted by molar-refractivity contribution is 7.80. The Morgan fingerprint density at radius 3 is 2.33 bits per heavy atom. The number of rotatable bonds is 2. The van der Waals surface area contributed by atoms with E-state index in [1.54, 1.807) is 45.0 Å². The van der Waals surface area contributed by atoms with Gasteiger partial charge < -0.3 is 15.8 Å². The molecule has 0 aliphatic carbocycles. The zero-order chi connectivity index (χ0) is 13.8. The lowest BCUT2D eigenvalue weighted by atomic mass is 10.2. The molecule has 4 N–H and O–H groups in total. The van der Waals surface area contributed by atoms with Crippen LogP contribution in [0.15, 0.2) is 24.3 Å². The lowest BCUT2D eigenvalue weighted by Crippen LogP contribution is -2.27. The average molecular weight is 267 g/mol. The molecule has 5 nitrogen and oxygen atoms in total. The molecule has 1 rings (SSSR count). The number of anilines is 2. The van der Waals surface area contributed by atoms with Crippen molar-refractivity contribution in [2.45, 2.75) is 26.4 Å². The van der Waals surface area contributed by atoms with E-state index in [0.29, 0.717) is 11.4 Å². The molecule has 1 amide bonds. The normalized spacial score (nSPS) is 10.6. The van der Waals surface area contributed by atoms with Crippen molar-refractivity contribution in [3.8, 4) is 0 Å². The van der Waals surface area contributed by atoms with E-state index < -0.39 is 11.7 Å². The Kier molecular flexibility index (Phi) is 4.49. The van der Waals surface area contributed by atoms with Gasteiger partial charge in [-0.25, -0.2) is 4.79 Å². The van der Waals surface area contributed by atoms with Crippen LogP contribution in [-0.4, -0.2) is 16.8 Å². The molecule has 0 unspecified atom stereocenters. The predicted molar refractivity (Wildman–Crippen MR) is 76.7 cm³/mol.